The second-order valence-electron chi connectivity index (χ2n) is 6.59. The van der Waals surface area contributed by atoms with E-state index in [0.717, 1.165) is 12.1 Å². The van der Waals surface area contributed by atoms with Crippen molar-refractivity contribution in [3.05, 3.63) is 42.0 Å². The third-order valence-electron chi connectivity index (χ3n) is 4.34. The second kappa shape index (κ2) is 7.27. The monoisotopic (exact) mass is 396 g/mol. The van der Waals surface area contributed by atoms with Crippen molar-refractivity contribution in [3.63, 3.8) is 0 Å². The molecule has 1 atom stereocenters. The van der Waals surface area contributed by atoms with Gasteiger partial charge in [-0.25, -0.2) is 9.97 Å². The highest BCUT2D eigenvalue weighted by Crippen LogP contribution is 2.40. The van der Waals surface area contributed by atoms with Gasteiger partial charge in [-0.2, -0.15) is 13.2 Å². The number of nitrogens with two attached hydrogens (primary N) is 1. The summed E-state index contributed by atoms with van der Waals surface area (Å²) in [7, 11) is 1.28. The Hall–Kier alpha value is -2.88. The molecule has 0 aliphatic heterocycles. The summed E-state index contributed by atoms with van der Waals surface area (Å²) >= 11 is 0. The van der Waals surface area contributed by atoms with Gasteiger partial charge in [-0.1, -0.05) is 0 Å². The average molecular weight is 396 g/mol. The van der Waals surface area contributed by atoms with Gasteiger partial charge in [-0.15, -0.1) is 0 Å². The maximum absolute atomic E-state index is 13.2. The van der Waals surface area contributed by atoms with Crippen LogP contribution in [0.2, 0.25) is 0 Å². The third kappa shape index (κ3) is 4.33. The van der Waals surface area contributed by atoms with Crippen LogP contribution in [-0.4, -0.2) is 28.5 Å². The number of rotatable bonds is 6. The van der Waals surface area contributed by atoms with Crippen molar-refractivity contribution in [3.8, 4) is 17.2 Å². The number of carbonyl (C=O) groups is 1. The summed E-state index contributed by atoms with van der Waals surface area (Å²) in [6.07, 6.45) is -0.884. The fourth-order valence-corrected chi connectivity index (χ4v) is 2.44. The first-order valence-electron chi connectivity index (χ1n) is 8.47. The molecule has 2 aromatic rings. The maximum Gasteiger partial charge on any atom is 0.420 e. The summed E-state index contributed by atoms with van der Waals surface area (Å²) in [4.78, 5) is 20.1. The molecule has 3 N–H and O–H groups in total. The first-order valence-corrected chi connectivity index (χ1v) is 8.47. The molecule has 7 nitrogen and oxygen atoms in total. The predicted molar refractivity (Wildman–Crippen MR) is 92.8 cm³/mol. The van der Waals surface area contributed by atoms with E-state index in [9.17, 15) is 18.0 Å². The number of ether oxygens (including phenoxy) is 2. The van der Waals surface area contributed by atoms with E-state index in [2.05, 4.69) is 15.3 Å². The topological polar surface area (TPSA) is 99.4 Å². The molecule has 1 aliphatic carbocycles. The molecular formula is C18H19F3N4O3. The van der Waals surface area contributed by atoms with Gasteiger partial charge in [0.15, 0.2) is 5.75 Å². The summed E-state index contributed by atoms with van der Waals surface area (Å²) in [5.41, 5.74) is 4.03. The first kappa shape index (κ1) is 19.9. The molecule has 1 fully saturated rings. The zero-order valence-corrected chi connectivity index (χ0v) is 15.2. The Morgan fingerprint density at radius 2 is 1.89 bits per heavy atom. The molecule has 0 bridgehead atoms. The van der Waals surface area contributed by atoms with E-state index in [-0.39, 0.29) is 23.2 Å². The lowest BCUT2D eigenvalue weighted by Crippen LogP contribution is -2.43. The van der Waals surface area contributed by atoms with E-state index >= 15 is 0 Å². The molecule has 0 radical (unpaired) electrons. The van der Waals surface area contributed by atoms with Crippen LogP contribution in [-0.2, 0) is 11.0 Å². The van der Waals surface area contributed by atoms with Crippen LogP contribution in [0.3, 0.4) is 0 Å². The van der Waals surface area contributed by atoms with Crippen molar-refractivity contribution in [2.24, 2.45) is 5.73 Å². The van der Waals surface area contributed by atoms with Crippen LogP contribution < -0.4 is 20.5 Å². The van der Waals surface area contributed by atoms with Crippen LogP contribution in [0.25, 0.3) is 0 Å². The van der Waals surface area contributed by atoms with Crippen molar-refractivity contribution < 1.29 is 27.4 Å². The molecule has 1 unspecified atom stereocenters. The van der Waals surface area contributed by atoms with Crippen LogP contribution in [0.5, 0.6) is 17.2 Å². The van der Waals surface area contributed by atoms with E-state index in [1.165, 1.54) is 25.6 Å². The number of hydrogen-bond donors (Lipinski definition) is 2. The maximum atomic E-state index is 13.2. The van der Waals surface area contributed by atoms with Gasteiger partial charge in [-0.3, -0.25) is 4.79 Å². The third-order valence-corrected chi connectivity index (χ3v) is 4.34. The smallest absolute Gasteiger partial charge is 0.420 e. The van der Waals surface area contributed by atoms with Crippen LogP contribution in [0.4, 0.5) is 13.2 Å². The standard InChI is InChI=1S/C18H19F3N4O3/c1-10(25-16(26)17(22)5-6-17)15-23-8-12(9-24-15)28-14-4-3-11(27-2)7-13(14)18(19,20)21/h3-4,7-10H,5-6,22H2,1-2H3,(H,25,26). The number of methoxy groups -OCH3 is 1. The molecule has 10 heteroatoms. The Bertz CT molecular complexity index is 867. The molecule has 0 saturated heterocycles. The Kier molecular flexibility index (Phi) is 5.16. The number of carbonyl (C=O) groups excluding carboxylic acids is 1. The molecule has 150 valence electrons. The van der Waals surface area contributed by atoms with E-state index in [4.69, 9.17) is 15.2 Å². The van der Waals surface area contributed by atoms with Crippen molar-refractivity contribution in [2.45, 2.75) is 37.5 Å². The molecule has 1 aromatic heterocycles. The minimum atomic E-state index is -4.62. The van der Waals surface area contributed by atoms with Gasteiger partial charge >= 0.3 is 6.18 Å². The quantitative estimate of drug-likeness (QED) is 0.779. The molecule has 28 heavy (non-hydrogen) atoms. The van der Waals surface area contributed by atoms with E-state index < -0.39 is 29.1 Å². The molecule has 3 rings (SSSR count). The normalized spacial score (nSPS) is 16.2. The number of alkyl halides is 3. The van der Waals surface area contributed by atoms with Gasteiger partial charge in [0, 0.05) is 0 Å². The molecule has 1 heterocycles. The predicted octanol–water partition coefficient (Wildman–Crippen LogP) is 2.96. The highest BCUT2D eigenvalue weighted by Gasteiger charge is 2.46. The fraction of sp³-hybridized carbons (Fsp3) is 0.389. The summed E-state index contributed by atoms with van der Waals surface area (Å²) < 4.78 is 49.9. The van der Waals surface area contributed by atoms with E-state index in [0.29, 0.717) is 12.8 Å². The van der Waals surface area contributed by atoms with Crippen molar-refractivity contribution in [1.29, 1.82) is 0 Å². The number of aromatic nitrogens is 2. The van der Waals surface area contributed by atoms with Crippen LogP contribution >= 0.6 is 0 Å². The summed E-state index contributed by atoms with van der Waals surface area (Å²) in [6, 6.07) is 2.87. The summed E-state index contributed by atoms with van der Waals surface area (Å²) in [5, 5.41) is 2.72. The highest BCUT2D eigenvalue weighted by atomic mass is 19.4. The zero-order chi connectivity index (χ0) is 20.5. The first-order chi connectivity index (χ1) is 13.1. The van der Waals surface area contributed by atoms with Gasteiger partial charge < -0.3 is 20.5 Å². The molecule has 1 saturated carbocycles. The molecule has 1 aromatic carbocycles. The van der Waals surface area contributed by atoms with Gasteiger partial charge in [0.25, 0.3) is 0 Å². The molecular weight excluding hydrogens is 377 g/mol. The van der Waals surface area contributed by atoms with Gasteiger partial charge in [0.2, 0.25) is 5.91 Å². The molecule has 1 aliphatic rings. The summed E-state index contributed by atoms with van der Waals surface area (Å²) in [5.74, 6) is -0.308. The van der Waals surface area contributed by atoms with Crippen LogP contribution in [0.15, 0.2) is 30.6 Å². The number of nitrogens with zero attached hydrogens (tertiary/aromatic N) is 2. The van der Waals surface area contributed by atoms with Crippen LogP contribution in [0, 0.1) is 0 Å². The number of benzene rings is 1. The molecule has 1 amide bonds. The average Bonchev–Trinajstić information content (AvgIpc) is 3.40. The van der Waals surface area contributed by atoms with Gasteiger partial charge in [0.1, 0.15) is 22.9 Å². The largest absolute Gasteiger partial charge is 0.497 e. The summed E-state index contributed by atoms with van der Waals surface area (Å²) in [6.45, 7) is 1.69. The van der Waals surface area contributed by atoms with Crippen molar-refractivity contribution >= 4 is 5.91 Å². The van der Waals surface area contributed by atoms with Gasteiger partial charge in [-0.05, 0) is 38.0 Å². The Labute approximate surface area is 159 Å². The van der Waals surface area contributed by atoms with Crippen molar-refractivity contribution in [1.82, 2.24) is 15.3 Å². The Morgan fingerprint density at radius 3 is 2.43 bits per heavy atom. The lowest BCUT2D eigenvalue weighted by Gasteiger charge is -2.17. The number of hydrogen-bond acceptors (Lipinski definition) is 6. The van der Waals surface area contributed by atoms with E-state index in [1.807, 2.05) is 0 Å². The number of halogens is 3. The second-order valence-corrected chi connectivity index (χ2v) is 6.59. The van der Waals surface area contributed by atoms with Crippen LogP contribution in [0.1, 0.15) is 37.2 Å². The SMILES string of the molecule is COc1ccc(Oc2cnc(C(C)NC(=O)C3(N)CC3)nc2)c(C(F)(F)F)c1. The zero-order valence-electron chi connectivity index (χ0n) is 15.2. The van der Waals surface area contributed by atoms with E-state index in [1.54, 1.807) is 6.92 Å². The van der Waals surface area contributed by atoms with Crippen molar-refractivity contribution in [2.75, 3.05) is 7.11 Å². The fourth-order valence-electron chi connectivity index (χ4n) is 2.44. The lowest BCUT2D eigenvalue weighted by molar-refractivity contribution is -0.138. The Morgan fingerprint density at radius 1 is 1.25 bits per heavy atom. The molecule has 0 spiro atoms. The minimum absolute atomic E-state index is 0.0235. The minimum Gasteiger partial charge on any atom is -0.497 e. The highest BCUT2D eigenvalue weighted by molar-refractivity contribution is 5.89. The Balaban J connectivity index is 1.73. The number of amides is 1. The van der Waals surface area contributed by atoms with Gasteiger partial charge in [0.05, 0.1) is 31.1 Å². The lowest BCUT2D eigenvalue weighted by atomic mass is 10.2. The number of nitrogens with one attached hydrogen (secondary N) is 1.